The Morgan fingerprint density at radius 2 is 2.11 bits per heavy atom. The molecule has 0 saturated carbocycles. The van der Waals surface area contributed by atoms with E-state index in [1.54, 1.807) is 12.1 Å². The largest absolute Gasteiger partial charge is 0.344 e. The number of aryl methyl sites for hydroxylation is 1. The van der Waals surface area contributed by atoms with Crippen LogP contribution >= 0.6 is 23.1 Å². The molecule has 0 unspecified atom stereocenters. The molecule has 8 heteroatoms. The molecule has 146 valence electrons. The highest BCUT2D eigenvalue weighted by Crippen LogP contribution is 2.26. The summed E-state index contributed by atoms with van der Waals surface area (Å²) >= 11 is 2.71. The van der Waals surface area contributed by atoms with E-state index >= 15 is 0 Å². The van der Waals surface area contributed by atoms with Crippen LogP contribution in [0.25, 0.3) is 0 Å². The number of halogens is 1. The monoisotopic (exact) mass is 417 g/mol. The van der Waals surface area contributed by atoms with Gasteiger partial charge in [-0.1, -0.05) is 43.3 Å². The molecule has 1 atom stereocenters. The van der Waals surface area contributed by atoms with Crippen LogP contribution in [0.3, 0.4) is 0 Å². The average molecular weight is 418 g/mol. The molecule has 1 amide bonds. The second kappa shape index (κ2) is 9.66. The molecule has 0 aliphatic carbocycles. The molecule has 0 aliphatic heterocycles. The van der Waals surface area contributed by atoms with Crippen LogP contribution < -0.4 is 10.9 Å². The van der Waals surface area contributed by atoms with Gasteiger partial charge in [-0.3, -0.25) is 9.59 Å². The lowest BCUT2D eigenvalue weighted by Gasteiger charge is -2.18. The zero-order chi connectivity index (χ0) is 19.9. The van der Waals surface area contributed by atoms with Crippen LogP contribution in [0.1, 0.15) is 35.5 Å². The standard InChI is InChI=1S/C20H20FN3O2S2/c1-2-4-15-11-17(25)24-20(22-15)28-12-18(26)23-19(16-5-3-10-27-16)13-6-8-14(21)9-7-13/h3,5-11,19H,2,4,12H2,1H3,(H,23,26)(H,22,24,25)/t19-/m0/s1. The summed E-state index contributed by atoms with van der Waals surface area (Å²) in [7, 11) is 0. The van der Waals surface area contributed by atoms with Gasteiger partial charge in [-0.2, -0.15) is 0 Å². The Balaban J connectivity index is 1.69. The summed E-state index contributed by atoms with van der Waals surface area (Å²) in [5, 5.41) is 5.35. The van der Waals surface area contributed by atoms with E-state index in [0.29, 0.717) is 11.6 Å². The lowest BCUT2D eigenvalue weighted by Crippen LogP contribution is -2.30. The van der Waals surface area contributed by atoms with Crippen LogP contribution in [0.5, 0.6) is 0 Å². The minimum Gasteiger partial charge on any atom is -0.344 e. The normalized spacial score (nSPS) is 11.9. The van der Waals surface area contributed by atoms with Gasteiger partial charge < -0.3 is 10.3 Å². The van der Waals surface area contributed by atoms with Crippen molar-refractivity contribution in [2.75, 3.05) is 5.75 Å². The summed E-state index contributed by atoms with van der Waals surface area (Å²) in [6, 6.07) is 11.1. The van der Waals surface area contributed by atoms with Crippen LogP contribution in [0.4, 0.5) is 4.39 Å². The van der Waals surface area contributed by atoms with E-state index in [9.17, 15) is 14.0 Å². The highest BCUT2D eigenvalue weighted by molar-refractivity contribution is 7.99. The predicted molar refractivity (Wildman–Crippen MR) is 110 cm³/mol. The van der Waals surface area contributed by atoms with E-state index in [4.69, 9.17) is 0 Å². The van der Waals surface area contributed by atoms with Gasteiger partial charge in [0.2, 0.25) is 5.91 Å². The molecule has 0 aliphatic rings. The number of hydrogen-bond donors (Lipinski definition) is 2. The lowest BCUT2D eigenvalue weighted by molar-refractivity contribution is -0.119. The first-order valence-corrected chi connectivity index (χ1v) is 10.7. The Hall–Kier alpha value is -2.45. The van der Waals surface area contributed by atoms with Gasteiger partial charge in [0.05, 0.1) is 11.8 Å². The third-order valence-corrected chi connectivity index (χ3v) is 5.77. The Bertz CT molecular complexity index is 972. The van der Waals surface area contributed by atoms with Crippen LogP contribution in [0, 0.1) is 5.82 Å². The number of aromatic amines is 1. The zero-order valence-electron chi connectivity index (χ0n) is 15.3. The minimum atomic E-state index is -0.355. The first-order valence-electron chi connectivity index (χ1n) is 8.86. The summed E-state index contributed by atoms with van der Waals surface area (Å²) in [5.74, 6) is -0.407. The maximum Gasteiger partial charge on any atom is 0.251 e. The van der Waals surface area contributed by atoms with Gasteiger partial charge in [-0.25, -0.2) is 9.37 Å². The van der Waals surface area contributed by atoms with Gasteiger partial charge in [-0.05, 0) is 35.6 Å². The van der Waals surface area contributed by atoms with Gasteiger partial charge in [0.1, 0.15) is 5.82 Å². The van der Waals surface area contributed by atoms with Crippen molar-refractivity contribution in [3.63, 3.8) is 0 Å². The molecular weight excluding hydrogens is 397 g/mol. The fourth-order valence-corrected chi connectivity index (χ4v) is 4.21. The number of thioether (sulfide) groups is 1. The third kappa shape index (κ3) is 5.53. The van der Waals surface area contributed by atoms with E-state index in [0.717, 1.165) is 22.6 Å². The number of thiophene rings is 1. The van der Waals surface area contributed by atoms with Gasteiger partial charge >= 0.3 is 0 Å². The van der Waals surface area contributed by atoms with Gasteiger partial charge in [0.25, 0.3) is 5.56 Å². The Kier molecular flexibility index (Phi) is 7.00. The number of hydrogen-bond acceptors (Lipinski definition) is 5. The SMILES string of the molecule is CCCc1cc(=O)[nH]c(SCC(=O)N[C@@H](c2ccc(F)cc2)c2cccs2)n1. The Labute approximate surface area is 170 Å². The molecule has 3 aromatic rings. The van der Waals surface area contributed by atoms with Crippen molar-refractivity contribution in [3.05, 3.63) is 80.2 Å². The van der Waals surface area contributed by atoms with Crippen molar-refractivity contribution in [2.24, 2.45) is 0 Å². The molecule has 0 bridgehead atoms. The summed E-state index contributed by atoms with van der Waals surface area (Å²) in [6.07, 6.45) is 1.61. The van der Waals surface area contributed by atoms with Crippen molar-refractivity contribution in [2.45, 2.75) is 31.0 Å². The quantitative estimate of drug-likeness (QED) is 0.430. The number of aromatic nitrogens is 2. The smallest absolute Gasteiger partial charge is 0.251 e. The number of nitrogens with one attached hydrogen (secondary N) is 2. The molecule has 28 heavy (non-hydrogen) atoms. The van der Waals surface area contributed by atoms with E-state index in [1.165, 1.54) is 41.3 Å². The number of amides is 1. The second-order valence-electron chi connectivity index (χ2n) is 6.15. The molecule has 2 aromatic heterocycles. The first kappa shape index (κ1) is 20.3. The summed E-state index contributed by atoms with van der Waals surface area (Å²) in [6.45, 7) is 2.02. The molecule has 2 heterocycles. The molecular formula is C20H20FN3O2S2. The number of carbonyl (C=O) groups is 1. The van der Waals surface area contributed by atoms with Crippen LogP contribution in [0.2, 0.25) is 0 Å². The second-order valence-corrected chi connectivity index (χ2v) is 8.09. The third-order valence-electron chi connectivity index (χ3n) is 3.96. The number of carbonyl (C=O) groups excluding carboxylic acids is 1. The van der Waals surface area contributed by atoms with Crippen LogP contribution in [-0.2, 0) is 11.2 Å². The molecule has 0 spiro atoms. The van der Waals surface area contributed by atoms with E-state index in [-0.39, 0.29) is 29.1 Å². The Morgan fingerprint density at radius 3 is 2.79 bits per heavy atom. The predicted octanol–water partition coefficient (Wildman–Crippen LogP) is 3.92. The van der Waals surface area contributed by atoms with Crippen molar-refractivity contribution in [1.82, 2.24) is 15.3 Å². The maximum absolute atomic E-state index is 13.3. The molecule has 0 saturated heterocycles. The van der Waals surface area contributed by atoms with Gasteiger partial charge in [0, 0.05) is 16.6 Å². The van der Waals surface area contributed by atoms with Crippen LogP contribution in [-0.4, -0.2) is 21.6 Å². The van der Waals surface area contributed by atoms with Crippen molar-refractivity contribution >= 4 is 29.0 Å². The van der Waals surface area contributed by atoms with Crippen molar-refractivity contribution in [3.8, 4) is 0 Å². The van der Waals surface area contributed by atoms with E-state index in [2.05, 4.69) is 15.3 Å². The van der Waals surface area contributed by atoms with Gasteiger partial charge in [-0.15, -0.1) is 11.3 Å². The fourth-order valence-electron chi connectivity index (χ4n) is 2.70. The molecule has 2 N–H and O–H groups in total. The van der Waals surface area contributed by atoms with Crippen LogP contribution in [0.15, 0.2) is 57.8 Å². The molecule has 0 radical (unpaired) electrons. The fraction of sp³-hybridized carbons (Fsp3) is 0.250. The lowest BCUT2D eigenvalue weighted by atomic mass is 10.1. The molecule has 5 nitrogen and oxygen atoms in total. The molecule has 1 aromatic carbocycles. The van der Waals surface area contributed by atoms with E-state index in [1.807, 2.05) is 24.4 Å². The maximum atomic E-state index is 13.3. The van der Waals surface area contributed by atoms with E-state index < -0.39 is 0 Å². The molecule has 0 fully saturated rings. The summed E-state index contributed by atoms with van der Waals surface area (Å²) in [5.41, 5.74) is 1.31. The number of H-pyrrole nitrogens is 1. The summed E-state index contributed by atoms with van der Waals surface area (Å²) in [4.78, 5) is 32.3. The topological polar surface area (TPSA) is 74.8 Å². The highest BCUT2D eigenvalue weighted by Gasteiger charge is 2.18. The average Bonchev–Trinajstić information content (AvgIpc) is 3.20. The number of rotatable bonds is 8. The first-order chi connectivity index (χ1) is 13.5. The zero-order valence-corrected chi connectivity index (χ0v) is 16.9. The number of benzene rings is 1. The minimum absolute atomic E-state index is 0.113. The molecule has 3 rings (SSSR count). The Morgan fingerprint density at radius 1 is 1.32 bits per heavy atom. The van der Waals surface area contributed by atoms with Gasteiger partial charge in [0.15, 0.2) is 5.16 Å². The van der Waals surface area contributed by atoms with Crippen molar-refractivity contribution in [1.29, 1.82) is 0 Å². The summed E-state index contributed by atoms with van der Waals surface area (Å²) < 4.78 is 13.3. The highest BCUT2D eigenvalue weighted by atomic mass is 32.2. The number of nitrogens with zero attached hydrogens (tertiary/aromatic N) is 1. The van der Waals surface area contributed by atoms with Crippen molar-refractivity contribution < 1.29 is 9.18 Å².